The van der Waals surface area contributed by atoms with Crippen LogP contribution >= 0.6 is 0 Å². The number of nitrogens with one attached hydrogen (secondary N) is 2. The van der Waals surface area contributed by atoms with Crippen LogP contribution in [0.1, 0.15) is 50.6 Å². The summed E-state index contributed by atoms with van der Waals surface area (Å²) in [5.74, 6) is 1.57. The Morgan fingerprint density at radius 2 is 1.96 bits per heavy atom. The number of hydrogen-bond acceptors (Lipinski definition) is 6. The molecular formula is C21H31N3O4. The van der Waals surface area contributed by atoms with Crippen molar-refractivity contribution in [3.05, 3.63) is 23.8 Å². The Morgan fingerprint density at radius 1 is 1.21 bits per heavy atom. The van der Waals surface area contributed by atoms with Gasteiger partial charge in [-0.3, -0.25) is 9.63 Å². The summed E-state index contributed by atoms with van der Waals surface area (Å²) in [5, 5.41) is 3.28. The van der Waals surface area contributed by atoms with E-state index in [-0.39, 0.29) is 18.1 Å². The van der Waals surface area contributed by atoms with E-state index in [0.717, 1.165) is 56.1 Å². The average molecular weight is 389 g/mol. The van der Waals surface area contributed by atoms with Gasteiger partial charge in [0.2, 0.25) is 0 Å². The molecule has 0 spiro atoms. The molecule has 1 aliphatic carbocycles. The van der Waals surface area contributed by atoms with Crippen molar-refractivity contribution in [1.29, 1.82) is 0 Å². The number of ether oxygens (including phenoxy) is 2. The number of amides is 1. The number of rotatable bonds is 5. The highest BCUT2D eigenvalue weighted by atomic mass is 16.7. The van der Waals surface area contributed by atoms with Gasteiger partial charge in [0.1, 0.15) is 0 Å². The van der Waals surface area contributed by atoms with Gasteiger partial charge in [0.15, 0.2) is 17.1 Å². The first-order valence-corrected chi connectivity index (χ1v) is 10.4. The van der Waals surface area contributed by atoms with Gasteiger partial charge in [-0.05, 0) is 50.3 Å². The molecule has 2 N–H and O–H groups in total. The molecule has 3 fully saturated rings. The van der Waals surface area contributed by atoms with Crippen LogP contribution in [0.25, 0.3) is 0 Å². The molecule has 4 rings (SSSR count). The highest BCUT2D eigenvalue weighted by molar-refractivity contribution is 5.85. The van der Waals surface area contributed by atoms with Crippen LogP contribution in [0.3, 0.4) is 0 Å². The maximum absolute atomic E-state index is 13.0. The van der Waals surface area contributed by atoms with E-state index in [1.165, 1.54) is 12.8 Å². The molecule has 2 aliphatic heterocycles. The Labute approximate surface area is 166 Å². The lowest BCUT2D eigenvalue weighted by molar-refractivity contribution is -0.157. The maximum atomic E-state index is 13.0. The highest BCUT2D eigenvalue weighted by Crippen LogP contribution is 2.39. The fraction of sp³-hybridized carbons (Fsp3) is 0.667. The molecule has 154 valence electrons. The van der Waals surface area contributed by atoms with Crippen molar-refractivity contribution in [2.24, 2.45) is 0 Å². The van der Waals surface area contributed by atoms with Crippen LogP contribution in [0.4, 0.5) is 0 Å². The minimum Gasteiger partial charge on any atom is -0.493 e. The molecule has 1 saturated carbocycles. The molecule has 2 atom stereocenters. The van der Waals surface area contributed by atoms with Gasteiger partial charge in [-0.1, -0.05) is 6.07 Å². The molecule has 1 amide bonds. The second-order valence-electron chi connectivity index (χ2n) is 8.18. The average Bonchev–Trinajstić information content (AvgIpc) is 3.38. The van der Waals surface area contributed by atoms with E-state index < -0.39 is 5.60 Å². The summed E-state index contributed by atoms with van der Waals surface area (Å²) in [6.07, 6.45) is 5.47. The van der Waals surface area contributed by atoms with Crippen molar-refractivity contribution in [3.8, 4) is 11.5 Å². The van der Waals surface area contributed by atoms with Crippen LogP contribution in [0.15, 0.2) is 18.2 Å². The molecular weight excluding hydrogens is 358 g/mol. The molecule has 0 bridgehead atoms. The predicted octanol–water partition coefficient (Wildman–Crippen LogP) is 2.17. The number of carbonyl (C=O) groups excluding carboxylic acids is 1. The minimum absolute atomic E-state index is 0.0555. The van der Waals surface area contributed by atoms with Crippen LogP contribution in [0, 0.1) is 0 Å². The Balaban J connectivity index is 1.47. The number of carbonyl (C=O) groups is 1. The summed E-state index contributed by atoms with van der Waals surface area (Å²) in [4.78, 5) is 20.7. The first-order valence-electron chi connectivity index (χ1n) is 10.4. The summed E-state index contributed by atoms with van der Waals surface area (Å²) in [6, 6.07) is 5.92. The summed E-state index contributed by atoms with van der Waals surface area (Å²) in [5.41, 5.74) is 3.28. The van der Waals surface area contributed by atoms with Crippen molar-refractivity contribution in [3.63, 3.8) is 0 Å². The van der Waals surface area contributed by atoms with Crippen LogP contribution in [-0.4, -0.2) is 55.8 Å². The van der Waals surface area contributed by atoms with Gasteiger partial charge in [0.05, 0.1) is 19.3 Å². The summed E-state index contributed by atoms with van der Waals surface area (Å²) < 4.78 is 11.7. The fourth-order valence-electron chi connectivity index (χ4n) is 4.38. The Kier molecular flexibility index (Phi) is 5.75. The zero-order valence-corrected chi connectivity index (χ0v) is 16.8. The zero-order chi connectivity index (χ0) is 19.6. The zero-order valence-electron chi connectivity index (χ0n) is 16.8. The van der Waals surface area contributed by atoms with Gasteiger partial charge >= 0.3 is 0 Å². The van der Waals surface area contributed by atoms with Crippen molar-refractivity contribution < 1.29 is 19.1 Å². The number of hydroxylamine groups is 1. The lowest BCUT2D eigenvalue weighted by Crippen LogP contribution is -2.54. The van der Waals surface area contributed by atoms with Gasteiger partial charge in [0.25, 0.3) is 5.91 Å². The predicted molar refractivity (Wildman–Crippen MR) is 105 cm³/mol. The van der Waals surface area contributed by atoms with E-state index in [1.54, 1.807) is 7.11 Å². The van der Waals surface area contributed by atoms with E-state index in [0.29, 0.717) is 6.42 Å². The third kappa shape index (κ3) is 3.97. The molecule has 2 unspecified atom stereocenters. The SMILES string of the molecule is COc1ccc(C2CC(C)(C(=O)N3CCNCC3)ON2)cc1OC1CCCC1. The molecule has 7 heteroatoms. The van der Waals surface area contributed by atoms with E-state index in [9.17, 15) is 4.79 Å². The third-order valence-corrected chi connectivity index (χ3v) is 6.06. The largest absolute Gasteiger partial charge is 0.493 e. The molecule has 0 aromatic heterocycles. The van der Waals surface area contributed by atoms with Crippen molar-refractivity contribution in [2.45, 2.75) is 56.8 Å². The van der Waals surface area contributed by atoms with Gasteiger partial charge in [0, 0.05) is 32.6 Å². The summed E-state index contributed by atoms with van der Waals surface area (Å²) in [6.45, 7) is 5.00. The smallest absolute Gasteiger partial charge is 0.256 e. The van der Waals surface area contributed by atoms with E-state index in [4.69, 9.17) is 14.3 Å². The second kappa shape index (κ2) is 8.27. The fourth-order valence-corrected chi connectivity index (χ4v) is 4.38. The summed E-state index contributed by atoms with van der Waals surface area (Å²) >= 11 is 0. The van der Waals surface area contributed by atoms with Crippen LogP contribution < -0.4 is 20.3 Å². The van der Waals surface area contributed by atoms with E-state index in [2.05, 4.69) is 10.8 Å². The molecule has 28 heavy (non-hydrogen) atoms. The molecule has 3 aliphatic rings. The van der Waals surface area contributed by atoms with Gasteiger partial charge in [-0.25, -0.2) is 0 Å². The Morgan fingerprint density at radius 3 is 2.68 bits per heavy atom. The van der Waals surface area contributed by atoms with E-state index >= 15 is 0 Å². The second-order valence-corrected chi connectivity index (χ2v) is 8.18. The molecule has 0 radical (unpaired) electrons. The van der Waals surface area contributed by atoms with Crippen molar-refractivity contribution in [1.82, 2.24) is 15.7 Å². The number of hydrogen-bond donors (Lipinski definition) is 2. The third-order valence-electron chi connectivity index (χ3n) is 6.06. The van der Waals surface area contributed by atoms with Crippen LogP contribution in [0.2, 0.25) is 0 Å². The van der Waals surface area contributed by atoms with Crippen molar-refractivity contribution in [2.75, 3.05) is 33.3 Å². The first-order chi connectivity index (χ1) is 13.6. The molecule has 7 nitrogen and oxygen atoms in total. The molecule has 2 saturated heterocycles. The Bertz CT molecular complexity index is 701. The topological polar surface area (TPSA) is 72.1 Å². The monoisotopic (exact) mass is 389 g/mol. The minimum atomic E-state index is -0.853. The maximum Gasteiger partial charge on any atom is 0.256 e. The van der Waals surface area contributed by atoms with Crippen molar-refractivity contribution >= 4 is 5.91 Å². The lowest BCUT2D eigenvalue weighted by atomic mass is 9.92. The molecule has 1 aromatic carbocycles. The van der Waals surface area contributed by atoms with E-state index in [1.807, 2.05) is 30.0 Å². The number of nitrogens with zero attached hydrogens (tertiary/aromatic N) is 1. The quantitative estimate of drug-likeness (QED) is 0.804. The number of benzene rings is 1. The van der Waals surface area contributed by atoms with Crippen LogP contribution in [0.5, 0.6) is 11.5 Å². The van der Waals surface area contributed by atoms with Gasteiger partial charge in [-0.2, -0.15) is 5.48 Å². The Hall–Kier alpha value is -1.83. The standard InChI is InChI=1S/C21H31N3O4/c1-21(20(25)24-11-9-22-10-12-24)14-17(23-28-21)15-7-8-18(26-2)19(13-15)27-16-5-3-4-6-16/h7-8,13,16-17,22-23H,3-6,9-12,14H2,1-2H3. The van der Waals surface area contributed by atoms with Gasteiger partial charge in [-0.15, -0.1) is 0 Å². The molecule has 2 heterocycles. The first kappa shape index (κ1) is 19.5. The number of methoxy groups -OCH3 is 1. The normalized spacial score (nSPS) is 28.5. The number of piperazine rings is 1. The van der Waals surface area contributed by atoms with Gasteiger partial charge < -0.3 is 19.7 Å². The molecule has 1 aromatic rings. The summed E-state index contributed by atoms with van der Waals surface area (Å²) in [7, 11) is 1.66. The van der Waals surface area contributed by atoms with Crippen LogP contribution in [-0.2, 0) is 9.63 Å². The lowest BCUT2D eigenvalue weighted by Gasteiger charge is -2.33. The highest BCUT2D eigenvalue weighted by Gasteiger charge is 2.46.